The van der Waals surface area contributed by atoms with Crippen molar-refractivity contribution < 1.29 is 14.9 Å². The smallest absolute Gasteiger partial charge is 0.172 e. The molecule has 1 fully saturated rings. The van der Waals surface area contributed by atoms with Crippen LogP contribution in [0.4, 0.5) is 5.82 Å². The van der Waals surface area contributed by atoms with Gasteiger partial charge in [0.25, 0.3) is 0 Å². The van der Waals surface area contributed by atoms with Crippen molar-refractivity contribution in [2.24, 2.45) is 0 Å². The molecule has 5 heterocycles. The fourth-order valence-electron chi connectivity index (χ4n) is 3.61. The number of nitrogens with zero attached hydrogens (tertiary/aromatic N) is 4. The van der Waals surface area contributed by atoms with Gasteiger partial charge < -0.3 is 20.7 Å². The number of thiophene rings is 2. The molecule has 0 aliphatic carbocycles. The van der Waals surface area contributed by atoms with Crippen LogP contribution in [-0.4, -0.2) is 54.3 Å². The van der Waals surface area contributed by atoms with Gasteiger partial charge in [-0.3, -0.25) is 4.57 Å². The molecule has 4 aromatic heterocycles. The number of anilines is 1. The van der Waals surface area contributed by atoms with E-state index in [2.05, 4.69) is 44.6 Å². The standard InChI is InChI=1S/C20H21N5O3S3/c21-18-17-19(23-10-22-18)25(16-8-12(27)13(9-26)28-16)20(24-17)30-7-5-11-3-4-15(31-11)14-2-1-6-29-14/h1-4,6,10,12-13,16,26-27H,5,7-9H2,(H2,21,22,23)/t12-,13+,16+/m0/s1. The van der Waals surface area contributed by atoms with Crippen molar-refractivity contribution in [3.63, 3.8) is 0 Å². The molecule has 0 radical (unpaired) electrons. The molecule has 162 valence electrons. The summed E-state index contributed by atoms with van der Waals surface area (Å²) in [6.45, 7) is -0.241. The van der Waals surface area contributed by atoms with E-state index in [0.717, 1.165) is 12.2 Å². The Bertz CT molecular complexity index is 1180. The zero-order chi connectivity index (χ0) is 21.4. The second kappa shape index (κ2) is 8.85. The second-order valence-corrected chi connectivity index (χ2v) is 10.3. The maximum absolute atomic E-state index is 10.2. The molecule has 1 saturated heterocycles. The lowest BCUT2D eigenvalue weighted by Crippen LogP contribution is -2.24. The van der Waals surface area contributed by atoms with Gasteiger partial charge in [0.1, 0.15) is 18.7 Å². The van der Waals surface area contributed by atoms with Gasteiger partial charge in [0, 0.05) is 26.8 Å². The third-order valence-corrected chi connectivity index (χ3v) is 8.32. The minimum absolute atomic E-state index is 0.241. The summed E-state index contributed by atoms with van der Waals surface area (Å²) in [4.78, 5) is 17.0. The Kier molecular flexibility index (Phi) is 5.95. The quantitative estimate of drug-likeness (QED) is 0.349. The van der Waals surface area contributed by atoms with Gasteiger partial charge in [-0.05, 0) is 30.0 Å². The van der Waals surface area contributed by atoms with Crippen LogP contribution in [0.3, 0.4) is 0 Å². The first-order chi connectivity index (χ1) is 15.1. The van der Waals surface area contributed by atoms with Crippen molar-refractivity contribution in [1.82, 2.24) is 19.5 Å². The summed E-state index contributed by atoms with van der Waals surface area (Å²) in [5.74, 6) is 1.13. The molecule has 0 saturated carbocycles. The maximum Gasteiger partial charge on any atom is 0.172 e. The van der Waals surface area contributed by atoms with E-state index in [9.17, 15) is 10.2 Å². The Morgan fingerprint density at radius 3 is 2.94 bits per heavy atom. The van der Waals surface area contributed by atoms with Crippen LogP contribution in [0.15, 0.2) is 41.1 Å². The zero-order valence-corrected chi connectivity index (χ0v) is 18.9. The first kappa shape index (κ1) is 20.9. The SMILES string of the molecule is Nc1ncnc2c1nc(SCCc1ccc(-c3cccs3)s1)n2[C@H]1C[C@H](O)[C@@H](CO)O1. The van der Waals surface area contributed by atoms with Gasteiger partial charge in [-0.15, -0.1) is 22.7 Å². The van der Waals surface area contributed by atoms with E-state index in [-0.39, 0.29) is 6.61 Å². The van der Waals surface area contributed by atoms with Crippen molar-refractivity contribution >= 4 is 51.4 Å². The molecular weight excluding hydrogens is 454 g/mol. The molecule has 5 rings (SSSR count). The number of nitrogen functional groups attached to an aromatic ring is 1. The minimum atomic E-state index is -0.744. The number of hydrogen-bond donors (Lipinski definition) is 3. The van der Waals surface area contributed by atoms with Crippen LogP contribution in [0.2, 0.25) is 0 Å². The third-order valence-electron chi connectivity index (χ3n) is 5.15. The van der Waals surface area contributed by atoms with Crippen molar-refractivity contribution in [3.8, 4) is 9.75 Å². The Hall–Kier alpha value is -2.02. The highest BCUT2D eigenvalue weighted by Gasteiger charge is 2.36. The molecule has 0 unspecified atom stereocenters. The fourth-order valence-corrected chi connectivity index (χ4v) is 6.59. The molecule has 31 heavy (non-hydrogen) atoms. The fraction of sp³-hybridized carbons (Fsp3) is 0.350. The van der Waals surface area contributed by atoms with E-state index in [0.29, 0.717) is 28.6 Å². The number of aliphatic hydroxyl groups is 2. The first-order valence-electron chi connectivity index (χ1n) is 9.82. The average Bonchev–Trinajstić information content (AvgIpc) is 3.54. The number of aryl methyl sites for hydroxylation is 1. The number of hydrogen-bond acceptors (Lipinski definition) is 10. The Morgan fingerprint density at radius 2 is 2.16 bits per heavy atom. The molecule has 0 bridgehead atoms. The van der Waals surface area contributed by atoms with Crippen LogP contribution >= 0.6 is 34.4 Å². The number of thioether (sulfide) groups is 1. The number of ether oxygens (including phenoxy) is 1. The van der Waals surface area contributed by atoms with Crippen molar-refractivity contribution in [1.29, 1.82) is 0 Å². The lowest BCUT2D eigenvalue weighted by molar-refractivity contribution is -0.0457. The van der Waals surface area contributed by atoms with Gasteiger partial charge in [-0.25, -0.2) is 15.0 Å². The maximum atomic E-state index is 10.2. The zero-order valence-electron chi connectivity index (χ0n) is 16.4. The Morgan fingerprint density at radius 1 is 1.26 bits per heavy atom. The minimum Gasteiger partial charge on any atom is -0.394 e. The lowest BCUT2D eigenvalue weighted by atomic mass is 10.2. The molecule has 0 spiro atoms. The summed E-state index contributed by atoms with van der Waals surface area (Å²) in [6.07, 6.45) is 0.812. The normalized spacial score (nSPS) is 21.3. The van der Waals surface area contributed by atoms with Crippen LogP contribution < -0.4 is 5.73 Å². The predicted octanol–water partition coefficient (Wildman–Crippen LogP) is 3.17. The van der Waals surface area contributed by atoms with Crippen molar-refractivity contribution in [2.45, 2.75) is 36.4 Å². The number of imidazole rings is 1. The van der Waals surface area contributed by atoms with Crippen LogP contribution in [0, 0.1) is 0 Å². The summed E-state index contributed by atoms with van der Waals surface area (Å²) in [5, 5.41) is 22.5. The number of rotatable bonds is 7. The van der Waals surface area contributed by atoms with E-state index in [1.807, 2.05) is 15.9 Å². The molecule has 4 N–H and O–H groups in total. The molecule has 11 heteroatoms. The van der Waals surface area contributed by atoms with Crippen LogP contribution in [0.25, 0.3) is 20.9 Å². The van der Waals surface area contributed by atoms with Gasteiger partial charge in [-0.2, -0.15) is 0 Å². The van der Waals surface area contributed by atoms with Gasteiger partial charge in [-0.1, -0.05) is 17.8 Å². The first-order valence-corrected chi connectivity index (χ1v) is 12.5. The largest absolute Gasteiger partial charge is 0.394 e. The molecule has 1 aliphatic heterocycles. The Balaban J connectivity index is 1.36. The highest BCUT2D eigenvalue weighted by atomic mass is 32.2. The van der Waals surface area contributed by atoms with Gasteiger partial charge in [0.2, 0.25) is 0 Å². The number of aromatic nitrogens is 4. The third kappa shape index (κ3) is 4.09. The van der Waals surface area contributed by atoms with Crippen LogP contribution in [-0.2, 0) is 11.2 Å². The number of nitrogens with two attached hydrogens (primary N) is 1. The Labute approximate surface area is 190 Å². The van der Waals surface area contributed by atoms with Gasteiger partial charge in [0.15, 0.2) is 22.1 Å². The van der Waals surface area contributed by atoms with Crippen LogP contribution in [0.1, 0.15) is 17.5 Å². The van der Waals surface area contributed by atoms with Gasteiger partial charge in [0.05, 0.1) is 12.7 Å². The lowest BCUT2D eigenvalue weighted by Gasteiger charge is -2.16. The van der Waals surface area contributed by atoms with E-state index in [1.54, 1.807) is 23.1 Å². The number of aliphatic hydroxyl groups excluding tert-OH is 2. The number of fused-ring (bicyclic) bond motifs is 1. The second-order valence-electron chi connectivity index (χ2n) is 7.15. The summed E-state index contributed by atoms with van der Waals surface area (Å²) in [6, 6.07) is 8.55. The van der Waals surface area contributed by atoms with Crippen molar-refractivity contribution in [3.05, 3.63) is 40.8 Å². The molecular formula is C20H21N5O3S3. The molecule has 0 amide bonds. The van der Waals surface area contributed by atoms with E-state index >= 15 is 0 Å². The van der Waals surface area contributed by atoms with E-state index in [4.69, 9.17) is 10.5 Å². The van der Waals surface area contributed by atoms with Crippen molar-refractivity contribution in [2.75, 3.05) is 18.1 Å². The molecule has 8 nitrogen and oxygen atoms in total. The van der Waals surface area contributed by atoms with Crippen LogP contribution in [0.5, 0.6) is 0 Å². The topological polar surface area (TPSA) is 119 Å². The van der Waals surface area contributed by atoms with E-state index < -0.39 is 18.4 Å². The summed E-state index contributed by atoms with van der Waals surface area (Å²) < 4.78 is 7.74. The molecule has 0 aromatic carbocycles. The summed E-state index contributed by atoms with van der Waals surface area (Å²) in [5.41, 5.74) is 7.11. The highest BCUT2D eigenvalue weighted by Crippen LogP contribution is 2.37. The van der Waals surface area contributed by atoms with E-state index in [1.165, 1.54) is 21.0 Å². The summed E-state index contributed by atoms with van der Waals surface area (Å²) in [7, 11) is 0. The summed E-state index contributed by atoms with van der Waals surface area (Å²) >= 11 is 5.15. The average molecular weight is 476 g/mol. The molecule has 3 atom stereocenters. The van der Waals surface area contributed by atoms with Gasteiger partial charge >= 0.3 is 0 Å². The molecule has 1 aliphatic rings. The predicted molar refractivity (Wildman–Crippen MR) is 123 cm³/mol. The highest BCUT2D eigenvalue weighted by molar-refractivity contribution is 7.99. The monoisotopic (exact) mass is 475 g/mol. The molecule has 4 aromatic rings.